The maximum Gasteiger partial charge on any atom is 0.142 e. The van der Waals surface area contributed by atoms with Gasteiger partial charge in [-0.2, -0.15) is 0 Å². The van der Waals surface area contributed by atoms with Crippen molar-refractivity contribution in [3.8, 4) is 5.75 Å². The van der Waals surface area contributed by atoms with Crippen LogP contribution in [0.4, 0.5) is 14.5 Å². The van der Waals surface area contributed by atoms with Gasteiger partial charge in [0.15, 0.2) is 0 Å². The minimum Gasteiger partial charge on any atom is -0.492 e. The third kappa shape index (κ3) is 4.08. The van der Waals surface area contributed by atoms with Crippen molar-refractivity contribution >= 4 is 17.3 Å². The zero-order valence-electron chi connectivity index (χ0n) is 11.8. The van der Waals surface area contributed by atoms with Gasteiger partial charge >= 0.3 is 0 Å². The van der Waals surface area contributed by atoms with Crippen LogP contribution in [-0.2, 0) is 0 Å². The molecule has 2 aromatic carbocycles. The van der Waals surface area contributed by atoms with Gasteiger partial charge in [-0.05, 0) is 49.7 Å². The molecule has 2 rings (SSSR count). The number of hydrogen-bond acceptors (Lipinski definition) is 2. The zero-order valence-corrected chi connectivity index (χ0v) is 12.5. The molecule has 0 heterocycles. The Labute approximate surface area is 127 Å². The van der Waals surface area contributed by atoms with E-state index in [1.807, 2.05) is 13.8 Å². The molecular weight excluding hydrogens is 296 g/mol. The summed E-state index contributed by atoms with van der Waals surface area (Å²) in [5.74, 6) is -0.560. The van der Waals surface area contributed by atoms with Crippen molar-refractivity contribution in [3.05, 3.63) is 58.6 Å². The molecule has 5 heteroatoms. The molecule has 0 amide bonds. The summed E-state index contributed by atoms with van der Waals surface area (Å²) in [6.45, 7) is 4.20. The minimum atomic E-state index is -0.602. The van der Waals surface area contributed by atoms with Gasteiger partial charge in [0.05, 0.1) is 12.3 Å². The van der Waals surface area contributed by atoms with E-state index in [1.165, 1.54) is 12.1 Å². The first-order chi connectivity index (χ1) is 9.99. The van der Waals surface area contributed by atoms with Crippen molar-refractivity contribution in [2.45, 2.75) is 19.9 Å². The van der Waals surface area contributed by atoms with Gasteiger partial charge in [-0.1, -0.05) is 11.6 Å². The fourth-order valence-corrected chi connectivity index (χ4v) is 2.21. The van der Waals surface area contributed by atoms with Crippen molar-refractivity contribution in [2.75, 3.05) is 11.9 Å². The van der Waals surface area contributed by atoms with Crippen LogP contribution in [0.25, 0.3) is 0 Å². The summed E-state index contributed by atoms with van der Waals surface area (Å²) >= 11 is 5.98. The van der Waals surface area contributed by atoms with Gasteiger partial charge in [0, 0.05) is 17.1 Å². The number of halogens is 3. The number of rotatable bonds is 5. The summed E-state index contributed by atoms with van der Waals surface area (Å²) in [4.78, 5) is 0. The van der Waals surface area contributed by atoms with Crippen LogP contribution in [0.1, 0.15) is 25.5 Å². The lowest BCUT2D eigenvalue weighted by Gasteiger charge is -2.19. The lowest BCUT2D eigenvalue weighted by atomic mass is 10.1. The molecule has 0 radical (unpaired) electrons. The highest BCUT2D eigenvalue weighted by Crippen LogP contribution is 2.31. The van der Waals surface area contributed by atoms with Crippen LogP contribution in [0.3, 0.4) is 0 Å². The first-order valence-corrected chi connectivity index (χ1v) is 7.02. The van der Waals surface area contributed by atoms with E-state index in [-0.39, 0.29) is 6.04 Å². The van der Waals surface area contributed by atoms with E-state index in [0.29, 0.717) is 28.6 Å². The Bertz CT molecular complexity index is 613. The fourth-order valence-electron chi connectivity index (χ4n) is 2.04. The molecular formula is C16H16ClF2NO. The summed E-state index contributed by atoms with van der Waals surface area (Å²) in [5, 5.41) is 3.72. The summed E-state index contributed by atoms with van der Waals surface area (Å²) < 4.78 is 32.1. The molecule has 1 N–H and O–H groups in total. The molecule has 0 saturated carbocycles. The Kier molecular flexibility index (Phi) is 5.02. The number of anilines is 1. The molecule has 21 heavy (non-hydrogen) atoms. The van der Waals surface area contributed by atoms with Crippen LogP contribution < -0.4 is 10.1 Å². The van der Waals surface area contributed by atoms with Crippen molar-refractivity contribution in [1.82, 2.24) is 0 Å². The van der Waals surface area contributed by atoms with E-state index in [1.54, 1.807) is 18.2 Å². The summed E-state index contributed by atoms with van der Waals surface area (Å²) in [5.41, 5.74) is 1.19. The average Bonchev–Trinajstić information content (AvgIpc) is 2.41. The lowest BCUT2D eigenvalue weighted by molar-refractivity contribution is 0.341. The Hall–Kier alpha value is -1.81. The van der Waals surface area contributed by atoms with Gasteiger partial charge in [0.2, 0.25) is 0 Å². The third-order valence-electron chi connectivity index (χ3n) is 3.00. The van der Waals surface area contributed by atoms with Crippen LogP contribution in [0, 0.1) is 11.6 Å². The molecule has 0 saturated heterocycles. The zero-order chi connectivity index (χ0) is 15.4. The second kappa shape index (κ2) is 6.76. The normalized spacial score (nSPS) is 12.0. The van der Waals surface area contributed by atoms with Crippen molar-refractivity contribution < 1.29 is 13.5 Å². The molecule has 0 spiro atoms. The number of hydrogen-bond donors (Lipinski definition) is 1. The number of nitrogens with one attached hydrogen (secondary N) is 1. The third-order valence-corrected chi connectivity index (χ3v) is 3.23. The second-order valence-electron chi connectivity index (χ2n) is 4.64. The largest absolute Gasteiger partial charge is 0.492 e. The molecule has 1 unspecified atom stereocenters. The maximum absolute atomic E-state index is 13.3. The molecule has 0 aliphatic carbocycles. The standard InChI is InChI=1S/C16H16ClF2NO/c1-3-21-16-5-4-12(17)8-15(16)20-10(2)11-6-13(18)9-14(19)7-11/h4-10,20H,3H2,1-2H3. The Morgan fingerprint density at radius 1 is 1.14 bits per heavy atom. The highest BCUT2D eigenvalue weighted by Gasteiger charge is 2.12. The quantitative estimate of drug-likeness (QED) is 0.820. The van der Waals surface area contributed by atoms with E-state index in [2.05, 4.69) is 5.32 Å². The second-order valence-corrected chi connectivity index (χ2v) is 5.08. The van der Waals surface area contributed by atoms with Crippen LogP contribution in [-0.4, -0.2) is 6.61 Å². The summed E-state index contributed by atoms with van der Waals surface area (Å²) in [6, 6.07) is 8.35. The van der Waals surface area contributed by atoms with Crippen molar-refractivity contribution in [3.63, 3.8) is 0 Å². The molecule has 1 atom stereocenters. The van der Waals surface area contributed by atoms with Gasteiger partial charge < -0.3 is 10.1 Å². The van der Waals surface area contributed by atoms with E-state index in [9.17, 15) is 8.78 Å². The highest BCUT2D eigenvalue weighted by atomic mass is 35.5. The van der Waals surface area contributed by atoms with Gasteiger partial charge in [-0.25, -0.2) is 8.78 Å². The lowest BCUT2D eigenvalue weighted by Crippen LogP contribution is -2.09. The average molecular weight is 312 g/mol. The molecule has 0 aliphatic rings. The maximum atomic E-state index is 13.3. The van der Waals surface area contributed by atoms with Gasteiger partial charge in [0.1, 0.15) is 17.4 Å². The van der Waals surface area contributed by atoms with E-state index in [0.717, 1.165) is 6.07 Å². The van der Waals surface area contributed by atoms with Crippen molar-refractivity contribution in [2.24, 2.45) is 0 Å². The first-order valence-electron chi connectivity index (χ1n) is 6.64. The predicted molar refractivity (Wildman–Crippen MR) is 81.0 cm³/mol. The topological polar surface area (TPSA) is 21.3 Å². The minimum absolute atomic E-state index is 0.298. The van der Waals surface area contributed by atoms with E-state index >= 15 is 0 Å². The molecule has 0 aliphatic heterocycles. The monoisotopic (exact) mass is 311 g/mol. The SMILES string of the molecule is CCOc1ccc(Cl)cc1NC(C)c1cc(F)cc(F)c1. The highest BCUT2D eigenvalue weighted by molar-refractivity contribution is 6.30. The van der Waals surface area contributed by atoms with Crippen molar-refractivity contribution in [1.29, 1.82) is 0 Å². The number of ether oxygens (including phenoxy) is 1. The predicted octanol–water partition coefficient (Wildman–Crippen LogP) is 5.19. The van der Waals surface area contributed by atoms with Crippen LogP contribution in [0.2, 0.25) is 5.02 Å². The molecule has 0 aromatic heterocycles. The van der Waals surface area contributed by atoms with E-state index < -0.39 is 11.6 Å². The molecule has 2 aromatic rings. The smallest absolute Gasteiger partial charge is 0.142 e. The molecule has 0 bridgehead atoms. The Morgan fingerprint density at radius 3 is 2.43 bits per heavy atom. The molecule has 0 fully saturated rings. The first kappa shape index (κ1) is 15.6. The summed E-state index contributed by atoms with van der Waals surface area (Å²) in [6.07, 6.45) is 0. The summed E-state index contributed by atoms with van der Waals surface area (Å²) in [7, 11) is 0. The molecule has 112 valence electrons. The van der Waals surface area contributed by atoms with Crippen LogP contribution in [0.5, 0.6) is 5.75 Å². The van der Waals surface area contributed by atoms with E-state index in [4.69, 9.17) is 16.3 Å². The van der Waals surface area contributed by atoms with Crippen LogP contribution >= 0.6 is 11.6 Å². The van der Waals surface area contributed by atoms with Crippen LogP contribution in [0.15, 0.2) is 36.4 Å². The molecule has 2 nitrogen and oxygen atoms in total. The van der Waals surface area contributed by atoms with Gasteiger partial charge in [-0.15, -0.1) is 0 Å². The Balaban J connectivity index is 2.26. The van der Waals surface area contributed by atoms with Gasteiger partial charge in [-0.3, -0.25) is 0 Å². The Morgan fingerprint density at radius 2 is 1.81 bits per heavy atom. The fraction of sp³-hybridized carbons (Fsp3) is 0.250. The number of benzene rings is 2. The van der Waals surface area contributed by atoms with Gasteiger partial charge in [0.25, 0.3) is 0 Å².